The van der Waals surface area contributed by atoms with Gasteiger partial charge in [-0.1, -0.05) is 31.5 Å². The van der Waals surface area contributed by atoms with Gasteiger partial charge in [-0.25, -0.2) is 13.1 Å². The summed E-state index contributed by atoms with van der Waals surface area (Å²) in [5.41, 5.74) is 1.65. The first kappa shape index (κ1) is 19.9. The monoisotopic (exact) mass is 376 g/mol. The number of methoxy groups -OCH3 is 1. The molecule has 0 heterocycles. The van der Waals surface area contributed by atoms with E-state index in [0.29, 0.717) is 23.5 Å². The highest BCUT2D eigenvalue weighted by Gasteiger charge is 2.18. The lowest BCUT2D eigenvalue weighted by Gasteiger charge is -2.13. The number of unbranched alkanes of at least 4 members (excludes halogenated alkanes) is 1. The number of hydrogen-bond acceptors (Lipinski definition) is 4. The van der Waals surface area contributed by atoms with Crippen molar-refractivity contribution in [1.29, 1.82) is 0 Å². The van der Waals surface area contributed by atoms with Crippen molar-refractivity contribution in [1.82, 2.24) is 4.72 Å². The van der Waals surface area contributed by atoms with E-state index in [4.69, 9.17) is 4.74 Å². The van der Waals surface area contributed by atoms with Crippen molar-refractivity contribution in [2.24, 2.45) is 0 Å². The SMILES string of the molecule is CCCCNS(=O)(=O)c1ccc(OC)c(NC(=O)c2ccccc2C)c1. The maximum Gasteiger partial charge on any atom is 0.256 e. The Bertz CT molecular complexity index is 879. The van der Waals surface area contributed by atoms with Gasteiger partial charge in [0.2, 0.25) is 10.0 Å². The Morgan fingerprint density at radius 3 is 2.54 bits per heavy atom. The molecule has 0 aliphatic carbocycles. The zero-order valence-corrected chi connectivity index (χ0v) is 16.0. The van der Waals surface area contributed by atoms with Crippen molar-refractivity contribution in [2.75, 3.05) is 19.0 Å². The van der Waals surface area contributed by atoms with E-state index < -0.39 is 10.0 Å². The number of benzene rings is 2. The summed E-state index contributed by atoms with van der Waals surface area (Å²) in [6.45, 7) is 4.20. The lowest BCUT2D eigenvalue weighted by molar-refractivity contribution is 0.102. The number of hydrogen-bond donors (Lipinski definition) is 2. The molecule has 0 aliphatic rings. The van der Waals surface area contributed by atoms with E-state index >= 15 is 0 Å². The predicted molar refractivity (Wildman–Crippen MR) is 102 cm³/mol. The molecule has 1 amide bonds. The van der Waals surface area contributed by atoms with Gasteiger partial charge >= 0.3 is 0 Å². The maximum absolute atomic E-state index is 12.5. The van der Waals surface area contributed by atoms with Gasteiger partial charge in [0, 0.05) is 12.1 Å². The number of aryl methyl sites for hydroxylation is 1. The molecule has 0 saturated heterocycles. The molecule has 2 aromatic rings. The summed E-state index contributed by atoms with van der Waals surface area (Å²) < 4.78 is 32.6. The van der Waals surface area contributed by atoms with Gasteiger partial charge in [0.15, 0.2) is 0 Å². The Morgan fingerprint density at radius 1 is 1.15 bits per heavy atom. The van der Waals surface area contributed by atoms with Crippen LogP contribution in [-0.4, -0.2) is 28.0 Å². The molecular weight excluding hydrogens is 352 g/mol. The molecule has 0 spiro atoms. The highest BCUT2D eigenvalue weighted by molar-refractivity contribution is 7.89. The van der Waals surface area contributed by atoms with E-state index in [2.05, 4.69) is 10.0 Å². The van der Waals surface area contributed by atoms with E-state index in [1.807, 2.05) is 26.0 Å². The topological polar surface area (TPSA) is 84.5 Å². The van der Waals surface area contributed by atoms with Crippen LogP contribution in [0.4, 0.5) is 5.69 Å². The van der Waals surface area contributed by atoms with Crippen molar-refractivity contribution < 1.29 is 17.9 Å². The number of amides is 1. The highest BCUT2D eigenvalue weighted by Crippen LogP contribution is 2.28. The van der Waals surface area contributed by atoms with E-state index in [1.165, 1.54) is 25.3 Å². The van der Waals surface area contributed by atoms with Crippen LogP contribution in [0.25, 0.3) is 0 Å². The van der Waals surface area contributed by atoms with Crippen LogP contribution in [0.2, 0.25) is 0 Å². The Hall–Kier alpha value is -2.38. The zero-order chi connectivity index (χ0) is 19.2. The Kier molecular flexibility index (Phi) is 6.76. The fourth-order valence-corrected chi connectivity index (χ4v) is 3.54. The summed E-state index contributed by atoms with van der Waals surface area (Å²) >= 11 is 0. The van der Waals surface area contributed by atoms with Crippen LogP contribution in [0.5, 0.6) is 5.75 Å². The van der Waals surface area contributed by atoms with Crippen LogP contribution in [0.3, 0.4) is 0 Å². The fraction of sp³-hybridized carbons (Fsp3) is 0.316. The van der Waals surface area contributed by atoms with E-state index in [0.717, 1.165) is 18.4 Å². The Morgan fingerprint density at radius 2 is 1.88 bits per heavy atom. The van der Waals surface area contributed by atoms with Gasteiger partial charge < -0.3 is 10.1 Å². The fourth-order valence-electron chi connectivity index (χ4n) is 2.44. The number of carbonyl (C=O) groups is 1. The van der Waals surface area contributed by atoms with Crippen LogP contribution in [0.15, 0.2) is 47.4 Å². The van der Waals surface area contributed by atoms with E-state index in [1.54, 1.807) is 12.1 Å². The molecule has 0 unspecified atom stereocenters. The minimum Gasteiger partial charge on any atom is -0.495 e. The van der Waals surface area contributed by atoms with Gasteiger partial charge in [-0.2, -0.15) is 0 Å². The molecule has 0 fully saturated rings. The van der Waals surface area contributed by atoms with Gasteiger partial charge in [-0.05, 0) is 43.2 Å². The standard InChI is InChI=1S/C19H24N2O4S/c1-4-5-12-20-26(23,24)15-10-11-18(25-3)17(13-15)21-19(22)16-9-7-6-8-14(16)2/h6-11,13,20H,4-5,12H2,1-3H3,(H,21,22). The summed E-state index contributed by atoms with van der Waals surface area (Å²) in [5, 5.41) is 2.74. The molecule has 2 N–H and O–H groups in total. The van der Waals surface area contributed by atoms with Crippen LogP contribution >= 0.6 is 0 Å². The summed E-state index contributed by atoms with van der Waals surface area (Å²) in [6.07, 6.45) is 1.65. The average Bonchev–Trinajstić information content (AvgIpc) is 2.62. The van der Waals surface area contributed by atoms with Crippen molar-refractivity contribution in [3.05, 3.63) is 53.6 Å². The number of sulfonamides is 1. The summed E-state index contributed by atoms with van der Waals surface area (Å²) in [5.74, 6) is 0.0642. The number of carbonyl (C=O) groups excluding carboxylic acids is 1. The lowest BCUT2D eigenvalue weighted by Crippen LogP contribution is -2.25. The minimum atomic E-state index is -3.65. The van der Waals surface area contributed by atoms with Crippen LogP contribution < -0.4 is 14.8 Å². The molecule has 140 valence electrons. The average molecular weight is 376 g/mol. The third kappa shape index (κ3) is 4.83. The minimum absolute atomic E-state index is 0.0782. The lowest BCUT2D eigenvalue weighted by atomic mass is 10.1. The molecule has 26 heavy (non-hydrogen) atoms. The molecule has 2 aromatic carbocycles. The summed E-state index contributed by atoms with van der Waals surface area (Å²) in [6, 6.07) is 11.6. The van der Waals surface area contributed by atoms with Crippen molar-refractivity contribution in [2.45, 2.75) is 31.6 Å². The number of rotatable bonds is 8. The van der Waals surface area contributed by atoms with E-state index in [9.17, 15) is 13.2 Å². The Labute approximate surface area is 154 Å². The quantitative estimate of drug-likeness (QED) is 0.692. The number of anilines is 1. The second-order valence-electron chi connectivity index (χ2n) is 5.88. The molecule has 0 bridgehead atoms. The van der Waals surface area contributed by atoms with Gasteiger partial charge in [0.25, 0.3) is 5.91 Å². The molecule has 7 heteroatoms. The summed E-state index contributed by atoms with van der Waals surface area (Å²) in [7, 11) is -2.18. The molecule has 0 aromatic heterocycles. The largest absolute Gasteiger partial charge is 0.495 e. The molecular formula is C19H24N2O4S. The van der Waals surface area contributed by atoms with Gasteiger partial charge in [0.1, 0.15) is 5.75 Å². The van der Waals surface area contributed by atoms with Crippen LogP contribution in [0.1, 0.15) is 35.7 Å². The second-order valence-corrected chi connectivity index (χ2v) is 7.65. The Balaban J connectivity index is 2.30. The molecule has 6 nitrogen and oxygen atoms in total. The van der Waals surface area contributed by atoms with Crippen molar-refractivity contribution >= 4 is 21.6 Å². The molecule has 0 saturated carbocycles. The first-order valence-corrected chi connectivity index (χ1v) is 9.92. The van der Waals surface area contributed by atoms with Gasteiger partial charge in [-0.3, -0.25) is 4.79 Å². The number of ether oxygens (including phenoxy) is 1. The van der Waals surface area contributed by atoms with Crippen molar-refractivity contribution in [3.8, 4) is 5.75 Å². The predicted octanol–water partition coefficient (Wildman–Crippen LogP) is 3.33. The molecule has 0 atom stereocenters. The molecule has 0 aliphatic heterocycles. The van der Waals surface area contributed by atoms with Crippen LogP contribution in [-0.2, 0) is 10.0 Å². The maximum atomic E-state index is 12.5. The smallest absolute Gasteiger partial charge is 0.256 e. The van der Waals surface area contributed by atoms with Crippen LogP contribution in [0, 0.1) is 6.92 Å². The van der Waals surface area contributed by atoms with Gasteiger partial charge in [0.05, 0.1) is 17.7 Å². The highest BCUT2D eigenvalue weighted by atomic mass is 32.2. The van der Waals surface area contributed by atoms with Crippen molar-refractivity contribution in [3.63, 3.8) is 0 Å². The molecule has 0 radical (unpaired) electrons. The van der Waals surface area contributed by atoms with E-state index in [-0.39, 0.29) is 10.8 Å². The molecule has 2 rings (SSSR count). The first-order chi connectivity index (χ1) is 12.4. The normalized spacial score (nSPS) is 11.2. The third-order valence-electron chi connectivity index (χ3n) is 3.94. The number of nitrogens with one attached hydrogen (secondary N) is 2. The second kappa shape index (κ2) is 8.82. The summed E-state index contributed by atoms with van der Waals surface area (Å²) in [4.78, 5) is 12.6. The third-order valence-corrected chi connectivity index (χ3v) is 5.40. The zero-order valence-electron chi connectivity index (χ0n) is 15.2. The first-order valence-electron chi connectivity index (χ1n) is 8.43. The van der Waals surface area contributed by atoms with Gasteiger partial charge in [-0.15, -0.1) is 0 Å².